The summed E-state index contributed by atoms with van der Waals surface area (Å²) in [7, 11) is 0. The molecule has 5 rings (SSSR count). The van der Waals surface area contributed by atoms with E-state index in [1.165, 1.54) is 22.3 Å². The van der Waals surface area contributed by atoms with Crippen molar-refractivity contribution in [1.82, 2.24) is 5.32 Å². The summed E-state index contributed by atoms with van der Waals surface area (Å²) >= 11 is 3.11. The molecule has 0 saturated heterocycles. The van der Waals surface area contributed by atoms with Crippen LogP contribution in [0.3, 0.4) is 0 Å². The van der Waals surface area contributed by atoms with Crippen molar-refractivity contribution in [3.8, 4) is 11.1 Å². The molecule has 1 aliphatic carbocycles. The van der Waals surface area contributed by atoms with Crippen LogP contribution >= 0.6 is 0 Å². The first-order valence-electron chi connectivity index (χ1n) is 12.5. The molecule has 0 unspecified atom stereocenters. The van der Waals surface area contributed by atoms with E-state index in [1.807, 2.05) is 48.5 Å². The Kier molecular flexibility index (Phi) is 7.84. The number of fused-ring (bicyclic) bond motifs is 3. The fourth-order valence-electron chi connectivity index (χ4n) is 4.92. The molecular weight excluding hydrogens is 523 g/mol. The van der Waals surface area contributed by atoms with E-state index in [0.717, 1.165) is 15.7 Å². The second-order valence-corrected chi connectivity index (χ2v) is 10.1. The van der Waals surface area contributed by atoms with Crippen molar-refractivity contribution in [3.05, 3.63) is 131 Å². The Morgan fingerprint density at radius 1 is 0.838 bits per heavy atom. The van der Waals surface area contributed by atoms with E-state index in [-0.39, 0.29) is 24.6 Å². The molecule has 0 spiro atoms. The van der Waals surface area contributed by atoms with Crippen molar-refractivity contribution in [2.45, 2.75) is 31.3 Å². The Bertz CT molecular complexity index is 1340. The molecular formula is C32H29N2O2Se. The molecule has 0 fully saturated rings. The molecule has 5 heteroatoms. The van der Waals surface area contributed by atoms with Crippen molar-refractivity contribution in [2.75, 3.05) is 6.61 Å². The van der Waals surface area contributed by atoms with Gasteiger partial charge in [-0.25, -0.2) is 0 Å². The molecule has 37 heavy (non-hydrogen) atoms. The molecule has 0 bridgehead atoms. The minimum absolute atomic E-state index is 0.0187. The van der Waals surface area contributed by atoms with Crippen LogP contribution in [0.1, 0.15) is 41.1 Å². The van der Waals surface area contributed by atoms with Crippen LogP contribution in [0.2, 0.25) is 0 Å². The molecule has 0 heterocycles. The van der Waals surface area contributed by atoms with Gasteiger partial charge < -0.3 is 0 Å². The third kappa shape index (κ3) is 5.85. The van der Waals surface area contributed by atoms with E-state index in [2.05, 4.69) is 88.9 Å². The number of hydrogen-bond donors (Lipinski definition) is 1. The molecule has 1 radical (unpaired) electrons. The van der Waals surface area contributed by atoms with Gasteiger partial charge in [-0.15, -0.1) is 0 Å². The molecule has 0 saturated carbocycles. The number of benzene rings is 4. The first kappa shape index (κ1) is 25.0. The minimum atomic E-state index is -0.446. The van der Waals surface area contributed by atoms with Crippen LogP contribution in [-0.2, 0) is 11.2 Å². The SMILES string of the molecule is C[C@H](N=C([Se])[C@H](Cc1ccccc1)NC(=O)OCC1c2ccccc2-c2ccccc21)c1ccccc1. The molecule has 4 aromatic rings. The summed E-state index contributed by atoms with van der Waals surface area (Å²) in [5, 5.41) is 3.07. The summed E-state index contributed by atoms with van der Waals surface area (Å²) in [4.78, 5) is 18.0. The first-order chi connectivity index (χ1) is 18.1. The maximum atomic E-state index is 13.1. The number of carbonyl (C=O) groups excluding carboxylic acids is 1. The molecule has 4 aromatic carbocycles. The predicted octanol–water partition coefficient (Wildman–Crippen LogP) is 6.46. The van der Waals surface area contributed by atoms with Crippen molar-refractivity contribution in [2.24, 2.45) is 4.99 Å². The van der Waals surface area contributed by atoms with Crippen LogP contribution in [-0.4, -0.2) is 39.4 Å². The summed E-state index contributed by atoms with van der Waals surface area (Å²) in [6.07, 6.45) is 0.163. The Balaban J connectivity index is 1.31. The maximum absolute atomic E-state index is 13.1. The summed E-state index contributed by atoms with van der Waals surface area (Å²) < 4.78 is 6.57. The van der Waals surface area contributed by atoms with E-state index in [4.69, 9.17) is 9.73 Å². The van der Waals surface area contributed by atoms with E-state index in [1.54, 1.807) is 0 Å². The zero-order valence-electron chi connectivity index (χ0n) is 20.7. The number of nitrogens with one attached hydrogen (secondary N) is 1. The second-order valence-electron chi connectivity index (χ2n) is 9.27. The Morgan fingerprint density at radius 3 is 2.00 bits per heavy atom. The number of aliphatic imine (C=N–C) groups is 1. The van der Waals surface area contributed by atoms with Crippen LogP contribution in [0.4, 0.5) is 4.79 Å². The summed E-state index contributed by atoms with van der Waals surface area (Å²) in [5.41, 5.74) is 7.04. The fraction of sp³-hybridized carbons (Fsp3) is 0.188. The number of nitrogens with zero attached hydrogens (tertiary/aromatic N) is 1. The third-order valence-electron chi connectivity index (χ3n) is 6.82. The average molecular weight is 553 g/mol. The molecule has 1 amide bonds. The Hall–Kier alpha value is -3.66. The van der Waals surface area contributed by atoms with Crippen LogP contribution < -0.4 is 5.32 Å². The standard InChI is InChI=1S/C32H29N2O2Se/c1-22(24-14-6-3-7-15-24)33-31(37)30(20-23-12-4-2-5-13-23)34-32(35)36-21-29-27-18-10-8-16-25(27)26-17-9-11-19-28(26)29/h2-19,22,29-30H,20-21H2,1H3,(H,34,35)/t22-,30-/m0/s1. The van der Waals surface area contributed by atoms with Crippen molar-refractivity contribution < 1.29 is 9.53 Å². The normalized spacial score (nSPS) is 14.4. The van der Waals surface area contributed by atoms with Crippen LogP contribution in [0.5, 0.6) is 0 Å². The van der Waals surface area contributed by atoms with Gasteiger partial charge in [0, 0.05) is 0 Å². The topological polar surface area (TPSA) is 50.7 Å². The van der Waals surface area contributed by atoms with Gasteiger partial charge in [0.25, 0.3) is 0 Å². The molecule has 2 atom stereocenters. The molecule has 4 nitrogen and oxygen atoms in total. The number of amides is 1. The van der Waals surface area contributed by atoms with Gasteiger partial charge in [0.1, 0.15) is 0 Å². The molecule has 1 N–H and O–H groups in total. The number of ether oxygens (including phenoxy) is 1. The van der Waals surface area contributed by atoms with Crippen molar-refractivity contribution >= 4 is 26.7 Å². The molecule has 0 aromatic heterocycles. The zero-order valence-corrected chi connectivity index (χ0v) is 22.4. The number of carbonyl (C=O) groups is 1. The van der Waals surface area contributed by atoms with Gasteiger partial charge in [0.15, 0.2) is 0 Å². The van der Waals surface area contributed by atoms with Gasteiger partial charge >= 0.3 is 227 Å². The van der Waals surface area contributed by atoms with E-state index in [9.17, 15) is 4.79 Å². The molecule has 185 valence electrons. The van der Waals surface area contributed by atoms with Crippen molar-refractivity contribution in [1.29, 1.82) is 0 Å². The zero-order chi connectivity index (χ0) is 25.6. The summed E-state index contributed by atoms with van der Waals surface area (Å²) in [6.45, 7) is 2.33. The van der Waals surface area contributed by atoms with Crippen molar-refractivity contribution in [3.63, 3.8) is 0 Å². The number of rotatable bonds is 8. The van der Waals surface area contributed by atoms with Gasteiger partial charge in [-0.05, 0) is 0 Å². The second kappa shape index (κ2) is 11.6. The van der Waals surface area contributed by atoms with E-state index >= 15 is 0 Å². The number of alkyl carbamates (subject to hydrolysis) is 1. The van der Waals surface area contributed by atoms with E-state index in [0.29, 0.717) is 6.42 Å². The summed E-state index contributed by atoms with van der Waals surface area (Å²) in [6, 6.07) is 36.6. The van der Waals surface area contributed by atoms with Crippen LogP contribution in [0.25, 0.3) is 11.1 Å². The third-order valence-corrected chi connectivity index (χ3v) is 7.64. The van der Waals surface area contributed by atoms with Gasteiger partial charge in [0.2, 0.25) is 0 Å². The van der Waals surface area contributed by atoms with Crippen LogP contribution in [0.15, 0.2) is 114 Å². The predicted molar refractivity (Wildman–Crippen MR) is 150 cm³/mol. The Labute approximate surface area is 226 Å². The molecule has 0 aliphatic heterocycles. The monoisotopic (exact) mass is 553 g/mol. The Morgan fingerprint density at radius 2 is 1.38 bits per heavy atom. The summed E-state index contributed by atoms with van der Waals surface area (Å²) in [5.74, 6) is 0.0187. The fourth-order valence-corrected chi connectivity index (χ4v) is 5.55. The van der Waals surface area contributed by atoms with Gasteiger partial charge in [-0.3, -0.25) is 0 Å². The first-order valence-corrected chi connectivity index (χ1v) is 13.4. The van der Waals surface area contributed by atoms with Gasteiger partial charge in [-0.1, -0.05) is 0 Å². The quantitative estimate of drug-likeness (QED) is 0.201. The van der Waals surface area contributed by atoms with Gasteiger partial charge in [-0.2, -0.15) is 0 Å². The average Bonchev–Trinajstić information content (AvgIpc) is 3.26. The van der Waals surface area contributed by atoms with Gasteiger partial charge in [0.05, 0.1) is 0 Å². The number of hydrogen-bond acceptors (Lipinski definition) is 3. The van der Waals surface area contributed by atoms with Crippen LogP contribution in [0, 0.1) is 0 Å². The molecule has 1 aliphatic rings. The van der Waals surface area contributed by atoms with E-state index < -0.39 is 6.09 Å².